The van der Waals surface area contributed by atoms with E-state index in [1.54, 1.807) is 19.1 Å². The van der Waals surface area contributed by atoms with E-state index in [4.69, 9.17) is 5.73 Å². The van der Waals surface area contributed by atoms with Gasteiger partial charge in [0, 0.05) is 12.6 Å². The Balaban J connectivity index is 0.00000162. The van der Waals surface area contributed by atoms with E-state index in [1.807, 2.05) is 0 Å². The molecule has 1 aliphatic carbocycles. The van der Waals surface area contributed by atoms with Gasteiger partial charge in [-0.05, 0) is 37.3 Å². The van der Waals surface area contributed by atoms with Crippen LogP contribution in [0.1, 0.15) is 28.8 Å². The van der Waals surface area contributed by atoms with E-state index < -0.39 is 5.82 Å². The average molecular weight is 273 g/mol. The van der Waals surface area contributed by atoms with Crippen LogP contribution in [0.2, 0.25) is 0 Å². The van der Waals surface area contributed by atoms with Gasteiger partial charge in [0.2, 0.25) is 0 Å². The number of nitrogens with two attached hydrogens (primary N) is 1. The summed E-state index contributed by atoms with van der Waals surface area (Å²) in [4.78, 5) is 11.8. The first-order valence-electron chi connectivity index (χ1n) is 5.88. The van der Waals surface area contributed by atoms with Gasteiger partial charge < -0.3 is 11.1 Å². The normalized spacial score (nSPS) is 15.7. The molecule has 0 aromatic heterocycles. The quantitative estimate of drug-likeness (QED) is 0.881. The molecule has 5 heteroatoms. The van der Waals surface area contributed by atoms with Crippen LogP contribution in [0.5, 0.6) is 0 Å². The van der Waals surface area contributed by atoms with Gasteiger partial charge in [-0.15, -0.1) is 12.4 Å². The van der Waals surface area contributed by atoms with Crippen LogP contribution >= 0.6 is 12.4 Å². The summed E-state index contributed by atoms with van der Waals surface area (Å²) in [5.41, 5.74) is 6.43. The molecule has 0 heterocycles. The number of nitrogens with one attached hydrogen (secondary N) is 1. The second-order valence-corrected chi connectivity index (χ2v) is 4.65. The van der Waals surface area contributed by atoms with Crippen LogP contribution in [0.3, 0.4) is 0 Å². The summed E-state index contributed by atoms with van der Waals surface area (Å²) in [6.45, 7) is 2.05. The van der Waals surface area contributed by atoms with Crippen molar-refractivity contribution in [1.82, 2.24) is 5.32 Å². The minimum atomic E-state index is -0.454. The number of rotatable bonds is 4. The number of halogens is 2. The molecule has 1 unspecified atom stereocenters. The van der Waals surface area contributed by atoms with Gasteiger partial charge in [0.15, 0.2) is 0 Å². The van der Waals surface area contributed by atoms with Crippen molar-refractivity contribution in [3.05, 3.63) is 35.1 Å². The first-order valence-corrected chi connectivity index (χ1v) is 5.88. The molecule has 0 aliphatic heterocycles. The Bertz CT molecular complexity index is 435. The van der Waals surface area contributed by atoms with Crippen molar-refractivity contribution < 1.29 is 9.18 Å². The molecular formula is C13H18ClFN2O. The van der Waals surface area contributed by atoms with Crippen LogP contribution in [0.25, 0.3) is 0 Å². The van der Waals surface area contributed by atoms with Gasteiger partial charge in [0.25, 0.3) is 5.91 Å². The standard InChI is InChI=1S/C13H17FN2O.ClH/c1-8-3-2-4-10(12(8)14)13(17)16-7-11(15)9-5-6-9;/h2-4,9,11H,5-7,15H2,1H3,(H,16,17);1H. The number of aryl methyl sites for hydroxylation is 1. The molecule has 1 aliphatic rings. The fourth-order valence-electron chi connectivity index (χ4n) is 1.82. The van der Waals surface area contributed by atoms with Crippen molar-refractivity contribution in [3.63, 3.8) is 0 Å². The third kappa shape index (κ3) is 3.43. The summed E-state index contributed by atoms with van der Waals surface area (Å²) in [5, 5.41) is 2.68. The molecule has 1 atom stereocenters. The molecule has 1 aromatic carbocycles. The van der Waals surface area contributed by atoms with Crippen molar-refractivity contribution in [2.45, 2.75) is 25.8 Å². The van der Waals surface area contributed by atoms with E-state index in [-0.39, 0.29) is 29.9 Å². The van der Waals surface area contributed by atoms with Gasteiger partial charge in [0.05, 0.1) is 5.56 Å². The highest BCUT2D eigenvalue weighted by Crippen LogP contribution is 2.31. The Hall–Kier alpha value is -1.13. The van der Waals surface area contributed by atoms with Gasteiger partial charge in [0.1, 0.15) is 5.82 Å². The molecule has 100 valence electrons. The maximum Gasteiger partial charge on any atom is 0.254 e. The van der Waals surface area contributed by atoms with Gasteiger partial charge in [-0.3, -0.25) is 4.79 Å². The van der Waals surface area contributed by atoms with E-state index in [0.29, 0.717) is 18.0 Å². The SMILES string of the molecule is Cc1cccc(C(=O)NCC(N)C2CC2)c1F.Cl. The average Bonchev–Trinajstić information content (AvgIpc) is 3.13. The monoisotopic (exact) mass is 272 g/mol. The number of carbonyl (C=O) groups excluding carboxylic acids is 1. The summed E-state index contributed by atoms with van der Waals surface area (Å²) in [7, 11) is 0. The molecule has 18 heavy (non-hydrogen) atoms. The Morgan fingerprint density at radius 3 is 2.83 bits per heavy atom. The molecule has 0 spiro atoms. The second-order valence-electron chi connectivity index (χ2n) is 4.65. The number of hydrogen-bond acceptors (Lipinski definition) is 2. The van der Waals surface area contributed by atoms with E-state index in [9.17, 15) is 9.18 Å². The lowest BCUT2D eigenvalue weighted by molar-refractivity contribution is 0.0946. The predicted molar refractivity (Wildman–Crippen MR) is 71.4 cm³/mol. The van der Waals surface area contributed by atoms with Gasteiger partial charge in [-0.2, -0.15) is 0 Å². The molecule has 3 N–H and O–H groups in total. The molecule has 0 radical (unpaired) electrons. The van der Waals surface area contributed by atoms with Crippen LogP contribution in [-0.4, -0.2) is 18.5 Å². The minimum absolute atomic E-state index is 0. The maximum atomic E-state index is 13.7. The molecule has 1 saturated carbocycles. The molecule has 1 fully saturated rings. The van der Waals surface area contributed by atoms with E-state index >= 15 is 0 Å². The van der Waals surface area contributed by atoms with Crippen molar-refractivity contribution in [2.75, 3.05) is 6.54 Å². The van der Waals surface area contributed by atoms with Crippen LogP contribution in [-0.2, 0) is 0 Å². The lowest BCUT2D eigenvalue weighted by Crippen LogP contribution is -2.38. The van der Waals surface area contributed by atoms with Gasteiger partial charge in [-0.25, -0.2) is 4.39 Å². The zero-order valence-electron chi connectivity index (χ0n) is 10.3. The highest BCUT2D eigenvalue weighted by molar-refractivity contribution is 5.94. The molecule has 2 rings (SSSR count). The smallest absolute Gasteiger partial charge is 0.254 e. The zero-order chi connectivity index (χ0) is 12.4. The van der Waals surface area contributed by atoms with E-state index in [1.165, 1.54) is 6.07 Å². The largest absolute Gasteiger partial charge is 0.350 e. The first-order chi connectivity index (χ1) is 8.09. The summed E-state index contributed by atoms with van der Waals surface area (Å²) < 4.78 is 13.7. The first kappa shape index (κ1) is 14.9. The molecule has 1 aromatic rings. The van der Waals surface area contributed by atoms with Crippen LogP contribution in [0.15, 0.2) is 18.2 Å². The highest BCUT2D eigenvalue weighted by Gasteiger charge is 2.28. The van der Waals surface area contributed by atoms with Gasteiger partial charge in [-0.1, -0.05) is 12.1 Å². The van der Waals surface area contributed by atoms with Crippen molar-refractivity contribution in [1.29, 1.82) is 0 Å². The Morgan fingerprint density at radius 2 is 2.22 bits per heavy atom. The van der Waals surface area contributed by atoms with Crippen LogP contribution < -0.4 is 11.1 Å². The number of amides is 1. The fourth-order valence-corrected chi connectivity index (χ4v) is 1.82. The van der Waals surface area contributed by atoms with Crippen LogP contribution in [0.4, 0.5) is 4.39 Å². The third-order valence-electron chi connectivity index (χ3n) is 3.16. The molecule has 0 saturated heterocycles. The Labute approximate surface area is 112 Å². The summed E-state index contributed by atoms with van der Waals surface area (Å²) >= 11 is 0. The third-order valence-corrected chi connectivity index (χ3v) is 3.16. The Morgan fingerprint density at radius 1 is 1.56 bits per heavy atom. The number of hydrogen-bond donors (Lipinski definition) is 2. The topological polar surface area (TPSA) is 55.1 Å². The molecular weight excluding hydrogens is 255 g/mol. The second kappa shape index (κ2) is 6.16. The number of carbonyl (C=O) groups is 1. The summed E-state index contributed by atoms with van der Waals surface area (Å²) in [6.07, 6.45) is 2.27. The lowest BCUT2D eigenvalue weighted by atomic mass is 10.1. The van der Waals surface area contributed by atoms with Crippen LogP contribution in [0, 0.1) is 18.7 Å². The fraction of sp³-hybridized carbons (Fsp3) is 0.462. The molecule has 0 bridgehead atoms. The highest BCUT2D eigenvalue weighted by atomic mass is 35.5. The lowest BCUT2D eigenvalue weighted by Gasteiger charge is -2.12. The summed E-state index contributed by atoms with van der Waals surface area (Å²) in [5.74, 6) is -0.315. The summed E-state index contributed by atoms with van der Waals surface area (Å²) in [6, 6.07) is 4.79. The molecule has 1 amide bonds. The van der Waals surface area contributed by atoms with Crippen molar-refractivity contribution in [2.24, 2.45) is 11.7 Å². The predicted octanol–water partition coefficient (Wildman–Crippen LogP) is 2.02. The van der Waals surface area contributed by atoms with E-state index in [2.05, 4.69) is 5.32 Å². The Kier molecular flexibility index (Phi) is 5.11. The van der Waals surface area contributed by atoms with Crippen molar-refractivity contribution in [3.8, 4) is 0 Å². The molecule has 3 nitrogen and oxygen atoms in total. The number of benzene rings is 1. The maximum absolute atomic E-state index is 13.7. The van der Waals surface area contributed by atoms with Gasteiger partial charge >= 0.3 is 0 Å². The minimum Gasteiger partial charge on any atom is -0.350 e. The van der Waals surface area contributed by atoms with Crippen molar-refractivity contribution >= 4 is 18.3 Å². The zero-order valence-corrected chi connectivity index (χ0v) is 11.1. The van der Waals surface area contributed by atoms with E-state index in [0.717, 1.165) is 12.8 Å².